The van der Waals surface area contributed by atoms with Crippen molar-refractivity contribution in [2.24, 2.45) is 0 Å². The van der Waals surface area contributed by atoms with Crippen molar-refractivity contribution in [3.63, 3.8) is 0 Å². The number of rotatable bonds is 4. The minimum absolute atomic E-state index is 0.0211. The van der Waals surface area contributed by atoms with Crippen LogP contribution < -0.4 is 0 Å². The van der Waals surface area contributed by atoms with Crippen LogP contribution in [0.25, 0.3) is 0 Å². The van der Waals surface area contributed by atoms with Gasteiger partial charge in [-0.25, -0.2) is 0 Å². The molecule has 0 aromatic carbocycles. The van der Waals surface area contributed by atoms with E-state index in [1.807, 2.05) is 0 Å². The molecule has 1 aliphatic rings. The summed E-state index contributed by atoms with van der Waals surface area (Å²) < 4.78 is 5.19. The van der Waals surface area contributed by atoms with Gasteiger partial charge >= 0.3 is 0 Å². The van der Waals surface area contributed by atoms with Gasteiger partial charge in [0.25, 0.3) is 0 Å². The second-order valence-electron chi connectivity index (χ2n) is 2.74. The SMILES string of the molecule is N#CCC(=O)COC1CCC1. The average molecular weight is 153 g/mol. The molecule has 1 fully saturated rings. The van der Waals surface area contributed by atoms with Gasteiger partial charge in [0, 0.05) is 0 Å². The third-order valence-corrected chi connectivity index (χ3v) is 1.81. The zero-order chi connectivity index (χ0) is 8.10. The van der Waals surface area contributed by atoms with Crippen molar-refractivity contribution in [2.45, 2.75) is 31.8 Å². The fraction of sp³-hybridized carbons (Fsp3) is 0.750. The molecule has 0 saturated heterocycles. The second-order valence-corrected chi connectivity index (χ2v) is 2.74. The van der Waals surface area contributed by atoms with Crippen LogP contribution in [0.2, 0.25) is 0 Å². The van der Waals surface area contributed by atoms with Crippen molar-refractivity contribution in [2.75, 3.05) is 6.61 Å². The van der Waals surface area contributed by atoms with Crippen molar-refractivity contribution in [3.05, 3.63) is 0 Å². The number of carbonyl (C=O) groups is 1. The summed E-state index contributed by atoms with van der Waals surface area (Å²) in [5.74, 6) is -0.112. The van der Waals surface area contributed by atoms with Crippen molar-refractivity contribution in [1.29, 1.82) is 5.26 Å². The van der Waals surface area contributed by atoms with Gasteiger partial charge in [-0.15, -0.1) is 0 Å². The fourth-order valence-electron chi connectivity index (χ4n) is 0.887. The predicted molar refractivity (Wildman–Crippen MR) is 38.8 cm³/mol. The molecule has 0 atom stereocenters. The first kappa shape index (κ1) is 8.22. The number of ether oxygens (including phenoxy) is 1. The Labute approximate surface area is 66.0 Å². The number of carbonyl (C=O) groups excluding carboxylic acids is 1. The molecule has 60 valence electrons. The summed E-state index contributed by atoms with van der Waals surface area (Å²) in [6.07, 6.45) is 3.61. The molecule has 1 saturated carbocycles. The monoisotopic (exact) mass is 153 g/mol. The van der Waals surface area contributed by atoms with Crippen LogP contribution in [0.5, 0.6) is 0 Å². The third-order valence-electron chi connectivity index (χ3n) is 1.81. The summed E-state index contributed by atoms with van der Waals surface area (Å²) in [6, 6.07) is 1.80. The van der Waals surface area contributed by atoms with Gasteiger partial charge in [-0.05, 0) is 19.3 Å². The largest absolute Gasteiger partial charge is 0.370 e. The maximum absolute atomic E-state index is 10.7. The number of hydrogen-bond donors (Lipinski definition) is 0. The Morgan fingerprint density at radius 2 is 2.36 bits per heavy atom. The summed E-state index contributed by atoms with van der Waals surface area (Å²) in [4.78, 5) is 10.7. The molecule has 0 aromatic heterocycles. The average Bonchev–Trinajstić information content (AvgIpc) is 1.85. The van der Waals surface area contributed by atoms with E-state index in [1.165, 1.54) is 6.42 Å². The maximum atomic E-state index is 10.7. The third kappa shape index (κ3) is 2.69. The standard InChI is InChI=1S/C8H11NO2/c9-5-4-7(10)6-11-8-2-1-3-8/h8H,1-4,6H2. The van der Waals surface area contributed by atoms with Gasteiger partial charge in [-0.3, -0.25) is 4.79 Å². The minimum atomic E-state index is -0.112. The van der Waals surface area contributed by atoms with E-state index in [0.29, 0.717) is 0 Å². The quantitative estimate of drug-likeness (QED) is 0.606. The number of Topliss-reactive ketones (excluding diaryl/α,β-unsaturated/α-hetero) is 1. The lowest BCUT2D eigenvalue weighted by Gasteiger charge is -2.24. The van der Waals surface area contributed by atoms with E-state index >= 15 is 0 Å². The summed E-state index contributed by atoms with van der Waals surface area (Å²) in [6.45, 7) is 0.123. The Bertz CT molecular complexity index is 179. The molecule has 0 bridgehead atoms. The van der Waals surface area contributed by atoms with Gasteiger partial charge in [-0.2, -0.15) is 5.26 Å². The van der Waals surface area contributed by atoms with Crippen molar-refractivity contribution < 1.29 is 9.53 Å². The molecule has 0 aliphatic heterocycles. The molecule has 3 heteroatoms. The topological polar surface area (TPSA) is 50.1 Å². The van der Waals surface area contributed by atoms with Crippen molar-refractivity contribution in [1.82, 2.24) is 0 Å². The van der Waals surface area contributed by atoms with Gasteiger partial charge < -0.3 is 4.74 Å². The van der Waals surface area contributed by atoms with E-state index < -0.39 is 0 Å². The molecule has 0 amide bonds. The highest BCUT2D eigenvalue weighted by Gasteiger charge is 2.18. The van der Waals surface area contributed by atoms with Crippen LogP contribution in [0.1, 0.15) is 25.7 Å². The van der Waals surface area contributed by atoms with E-state index in [4.69, 9.17) is 10.00 Å². The number of ketones is 1. The summed E-state index contributed by atoms with van der Waals surface area (Å²) >= 11 is 0. The first-order valence-electron chi connectivity index (χ1n) is 3.83. The van der Waals surface area contributed by atoms with Crippen LogP contribution in [0, 0.1) is 11.3 Å². The van der Waals surface area contributed by atoms with Crippen LogP contribution in [-0.2, 0) is 9.53 Å². The first-order valence-corrected chi connectivity index (χ1v) is 3.83. The van der Waals surface area contributed by atoms with Crippen LogP contribution in [0.15, 0.2) is 0 Å². The molecule has 11 heavy (non-hydrogen) atoms. The van der Waals surface area contributed by atoms with Gasteiger partial charge in [0.05, 0.1) is 18.6 Å². The molecule has 3 nitrogen and oxygen atoms in total. The van der Waals surface area contributed by atoms with E-state index in [-0.39, 0.29) is 24.9 Å². The molecule has 0 radical (unpaired) electrons. The summed E-state index contributed by atoms with van der Waals surface area (Å²) in [5, 5.41) is 8.15. The predicted octanol–water partition coefficient (Wildman–Crippen LogP) is 1.04. The zero-order valence-corrected chi connectivity index (χ0v) is 6.38. The Morgan fingerprint density at radius 3 is 2.82 bits per heavy atom. The highest BCUT2D eigenvalue weighted by Crippen LogP contribution is 2.21. The number of hydrogen-bond acceptors (Lipinski definition) is 3. The van der Waals surface area contributed by atoms with Gasteiger partial charge in [-0.1, -0.05) is 0 Å². The van der Waals surface area contributed by atoms with E-state index in [1.54, 1.807) is 6.07 Å². The Morgan fingerprint density at radius 1 is 1.64 bits per heavy atom. The molecule has 0 unspecified atom stereocenters. The molecule has 0 spiro atoms. The van der Waals surface area contributed by atoms with Crippen molar-refractivity contribution >= 4 is 5.78 Å². The lowest BCUT2D eigenvalue weighted by molar-refractivity contribution is -0.126. The number of nitrogens with zero attached hydrogens (tertiary/aromatic N) is 1. The molecule has 1 aliphatic carbocycles. The van der Waals surface area contributed by atoms with Crippen molar-refractivity contribution in [3.8, 4) is 6.07 Å². The van der Waals surface area contributed by atoms with E-state index in [0.717, 1.165) is 12.8 Å². The first-order chi connectivity index (χ1) is 5.33. The Hall–Kier alpha value is -0.880. The van der Waals surface area contributed by atoms with Gasteiger partial charge in [0.2, 0.25) is 0 Å². The van der Waals surface area contributed by atoms with Crippen LogP contribution >= 0.6 is 0 Å². The minimum Gasteiger partial charge on any atom is -0.370 e. The van der Waals surface area contributed by atoms with Crippen LogP contribution in [-0.4, -0.2) is 18.5 Å². The second kappa shape index (κ2) is 4.09. The smallest absolute Gasteiger partial charge is 0.172 e. The zero-order valence-electron chi connectivity index (χ0n) is 6.38. The van der Waals surface area contributed by atoms with E-state index in [2.05, 4.69) is 0 Å². The maximum Gasteiger partial charge on any atom is 0.172 e. The van der Waals surface area contributed by atoms with Crippen LogP contribution in [0.3, 0.4) is 0 Å². The normalized spacial score (nSPS) is 17.0. The molecular formula is C8H11NO2. The Balaban J connectivity index is 2.02. The summed E-state index contributed by atoms with van der Waals surface area (Å²) in [7, 11) is 0. The summed E-state index contributed by atoms with van der Waals surface area (Å²) in [5.41, 5.74) is 0. The molecule has 0 heterocycles. The molecule has 0 N–H and O–H groups in total. The highest BCUT2D eigenvalue weighted by atomic mass is 16.5. The van der Waals surface area contributed by atoms with E-state index in [9.17, 15) is 4.79 Å². The Kier molecular flexibility index (Phi) is 3.06. The van der Waals surface area contributed by atoms with Crippen LogP contribution in [0.4, 0.5) is 0 Å². The molecule has 0 aromatic rings. The number of nitriles is 1. The molecular weight excluding hydrogens is 142 g/mol. The van der Waals surface area contributed by atoms with Gasteiger partial charge in [0.15, 0.2) is 5.78 Å². The highest BCUT2D eigenvalue weighted by molar-refractivity contribution is 5.81. The fourth-order valence-corrected chi connectivity index (χ4v) is 0.887. The van der Waals surface area contributed by atoms with Gasteiger partial charge in [0.1, 0.15) is 6.61 Å². The lowest BCUT2D eigenvalue weighted by atomic mass is 9.96. The lowest BCUT2D eigenvalue weighted by Crippen LogP contribution is -2.24. The molecule has 1 rings (SSSR count).